The van der Waals surface area contributed by atoms with Crippen molar-refractivity contribution in [2.24, 2.45) is 0 Å². The summed E-state index contributed by atoms with van der Waals surface area (Å²) in [4.78, 5) is 2.55. The number of likely N-dealkylation sites (tertiary alicyclic amines) is 1. The van der Waals surface area contributed by atoms with Crippen LogP contribution in [-0.4, -0.2) is 29.6 Å². The van der Waals surface area contributed by atoms with Crippen LogP contribution in [0.25, 0.3) is 0 Å². The van der Waals surface area contributed by atoms with Crippen LogP contribution in [0.3, 0.4) is 0 Å². The van der Waals surface area contributed by atoms with E-state index in [1.165, 1.54) is 37.9 Å². The van der Waals surface area contributed by atoms with Crippen LogP contribution in [-0.2, 0) is 5.41 Å². The summed E-state index contributed by atoms with van der Waals surface area (Å²) < 4.78 is 0. The van der Waals surface area contributed by atoms with Crippen molar-refractivity contribution < 1.29 is 5.11 Å². The maximum absolute atomic E-state index is 9.61. The first kappa shape index (κ1) is 15.5. The van der Waals surface area contributed by atoms with Crippen molar-refractivity contribution in [1.29, 1.82) is 0 Å². The van der Waals surface area contributed by atoms with Crippen LogP contribution in [0.1, 0.15) is 38.7 Å². The summed E-state index contributed by atoms with van der Waals surface area (Å²) >= 11 is 0. The van der Waals surface area contributed by atoms with E-state index in [0.29, 0.717) is 5.75 Å². The zero-order valence-corrected chi connectivity index (χ0v) is 13.1. The van der Waals surface area contributed by atoms with Crippen LogP contribution in [0.15, 0.2) is 24.3 Å². The highest BCUT2D eigenvalue weighted by Crippen LogP contribution is 2.34. The standard InChI is InChI=1S/C15H23NO.BrH/c1-3-9-16-10-5-8-15(2,12-16)13-6-4-7-14(17)11-13;/h4,6-7,11,17H,3,5,8-10,12H2,1-2H3;1H. The minimum Gasteiger partial charge on any atom is -0.508 e. The predicted molar refractivity (Wildman–Crippen MR) is 81.7 cm³/mol. The number of halogens is 1. The zero-order valence-electron chi connectivity index (χ0n) is 11.4. The van der Waals surface area contributed by atoms with Gasteiger partial charge in [0.25, 0.3) is 0 Å². The molecule has 1 atom stereocenters. The zero-order chi connectivity index (χ0) is 12.3. The van der Waals surface area contributed by atoms with E-state index in [-0.39, 0.29) is 22.4 Å². The molecule has 0 bridgehead atoms. The highest BCUT2D eigenvalue weighted by atomic mass is 79.9. The molecular weight excluding hydrogens is 290 g/mol. The second-order valence-corrected chi connectivity index (χ2v) is 5.49. The summed E-state index contributed by atoms with van der Waals surface area (Å²) in [7, 11) is 0. The molecule has 1 heterocycles. The van der Waals surface area contributed by atoms with Gasteiger partial charge in [-0.05, 0) is 50.0 Å². The van der Waals surface area contributed by atoms with Gasteiger partial charge in [-0.2, -0.15) is 0 Å². The lowest BCUT2D eigenvalue weighted by atomic mass is 9.76. The van der Waals surface area contributed by atoms with Gasteiger partial charge >= 0.3 is 0 Å². The topological polar surface area (TPSA) is 23.5 Å². The molecule has 0 radical (unpaired) electrons. The Hall–Kier alpha value is -0.540. The molecule has 1 aromatic carbocycles. The SMILES string of the molecule is Br.CCCN1CCCC(C)(c2cccc(O)c2)C1. The first-order chi connectivity index (χ1) is 8.14. The van der Waals surface area contributed by atoms with Crippen LogP contribution in [0.4, 0.5) is 0 Å². The quantitative estimate of drug-likeness (QED) is 0.919. The van der Waals surface area contributed by atoms with Gasteiger partial charge in [-0.25, -0.2) is 0 Å². The molecule has 2 nitrogen and oxygen atoms in total. The molecule has 102 valence electrons. The smallest absolute Gasteiger partial charge is 0.115 e. The monoisotopic (exact) mass is 313 g/mol. The number of phenolic OH excluding ortho intramolecular Hbond substituents is 1. The Kier molecular flexibility index (Phi) is 5.67. The fourth-order valence-electron chi connectivity index (χ4n) is 2.97. The molecule has 3 heteroatoms. The van der Waals surface area contributed by atoms with Crippen molar-refractivity contribution in [2.75, 3.05) is 19.6 Å². The lowest BCUT2D eigenvalue weighted by molar-refractivity contribution is 0.157. The lowest BCUT2D eigenvalue weighted by Crippen LogP contribution is -2.44. The average Bonchev–Trinajstić information content (AvgIpc) is 2.30. The van der Waals surface area contributed by atoms with Crippen molar-refractivity contribution in [1.82, 2.24) is 4.90 Å². The highest BCUT2D eigenvalue weighted by molar-refractivity contribution is 8.93. The maximum Gasteiger partial charge on any atom is 0.115 e. The fraction of sp³-hybridized carbons (Fsp3) is 0.600. The van der Waals surface area contributed by atoms with E-state index in [4.69, 9.17) is 0 Å². The molecule has 1 aromatic rings. The molecule has 0 spiro atoms. The van der Waals surface area contributed by atoms with E-state index in [9.17, 15) is 5.11 Å². The summed E-state index contributed by atoms with van der Waals surface area (Å²) in [5, 5.41) is 9.61. The van der Waals surface area contributed by atoms with Gasteiger partial charge in [-0.1, -0.05) is 26.0 Å². The molecule has 0 aliphatic carbocycles. The Bertz CT molecular complexity index is 381. The molecule has 1 aliphatic heterocycles. The van der Waals surface area contributed by atoms with E-state index in [0.717, 1.165) is 6.54 Å². The molecule has 1 N–H and O–H groups in total. The Morgan fingerprint density at radius 1 is 1.39 bits per heavy atom. The molecule has 0 amide bonds. The second-order valence-electron chi connectivity index (χ2n) is 5.49. The largest absolute Gasteiger partial charge is 0.508 e. The molecule has 1 fully saturated rings. The lowest BCUT2D eigenvalue weighted by Gasteiger charge is -2.41. The fourth-order valence-corrected chi connectivity index (χ4v) is 2.97. The number of aromatic hydroxyl groups is 1. The van der Waals surface area contributed by atoms with Crippen LogP contribution in [0.5, 0.6) is 5.75 Å². The van der Waals surface area contributed by atoms with Crippen LogP contribution < -0.4 is 0 Å². The van der Waals surface area contributed by atoms with Crippen molar-refractivity contribution in [2.45, 2.75) is 38.5 Å². The predicted octanol–water partition coefficient (Wildman–Crippen LogP) is 3.73. The third kappa shape index (κ3) is 3.48. The van der Waals surface area contributed by atoms with Crippen molar-refractivity contribution >= 4 is 17.0 Å². The van der Waals surface area contributed by atoms with Gasteiger partial charge in [0, 0.05) is 12.0 Å². The number of rotatable bonds is 3. The van der Waals surface area contributed by atoms with Crippen LogP contribution in [0, 0.1) is 0 Å². The Labute approximate surface area is 121 Å². The van der Waals surface area contributed by atoms with Gasteiger partial charge in [0.15, 0.2) is 0 Å². The van der Waals surface area contributed by atoms with Crippen molar-refractivity contribution in [3.8, 4) is 5.75 Å². The van der Waals surface area contributed by atoms with E-state index in [1.807, 2.05) is 12.1 Å². The normalized spacial score (nSPS) is 24.6. The molecule has 0 saturated carbocycles. The molecule has 18 heavy (non-hydrogen) atoms. The minimum absolute atomic E-state index is 0. The third-order valence-corrected chi connectivity index (χ3v) is 3.86. The van der Waals surface area contributed by atoms with Gasteiger partial charge in [0.05, 0.1) is 0 Å². The number of benzene rings is 1. The van der Waals surface area contributed by atoms with Crippen molar-refractivity contribution in [3.63, 3.8) is 0 Å². The number of phenols is 1. The highest BCUT2D eigenvalue weighted by Gasteiger charge is 2.32. The Morgan fingerprint density at radius 2 is 2.17 bits per heavy atom. The maximum atomic E-state index is 9.61. The molecular formula is C15H24BrNO. The molecule has 1 unspecified atom stereocenters. The Morgan fingerprint density at radius 3 is 2.83 bits per heavy atom. The van der Waals surface area contributed by atoms with Gasteiger partial charge in [0.1, 0.15) is 5.75 Å². The summed E-state index contributed by atoms with van der Waals surface area (Å²) in [6, 6.07) is 7.78. The number of piperidine rings is 1. The summed E-state index contributed by atoms with van der Waals surface area (Å²) in [6.45, 7) is 8.09. The second kappa shape index (κ2) is 6.58. The molecule has 0 aromatic heterocycles. The van der Waals surface area contributed by atoms with Crippen molar-refractivity contribution in [3.05, 3.63) is 29.8 Å². The minimum atomic E-state index is 0. The number of nitrogens with zero attached hydrogens (tertiary/aromatic N) is 1. The molecule has 1 aliphatic rings. The average molecular weight is 314 g/mol. The van der Waals surface area contributed by atoms with Gasteiger partial charge < -0.3 is 10.0 Å². The summed E-state index contributed by atoms with van der Waals surface area (Å²) in [5.74, 6) is 0.385. The van der Waals surface area contributed by atoms with Crippen LogP contribution in [0.2, 0.25) is 0 Å². The summed E-state index contributed by atoms with van der Waals surface area (Å²) in [6.07, 6.45) is 3.69. The van der Waals surface area contributed by atoms with Gasteiger partial charge in [-0.3, -0.25) is 0 Å². The van der Waals surface area contributed by atoms with Gasteiger partial charge in [-0.15, -0.1) is 17.0 Å². The van der Waals surface area contributed by atoms with E-state index in [2.05, 4.69) is 24.8 Å². The first-order valence-electron chi connectivity index (χ1n) is 6.66. The van der Waals surface area contributed by atoms with E-state index >= 15 is 0 Å². The summed E-state index contributed by atoms with van der Waals surface area (Å²) in [5.41, 5.74) is 1.48. The van der Waals surface area contributed by atoms with Crippen LogP contribution >= 0.6 is 17.0 Å². The number of hydrogen-bond acceptors (Lipinski definition) is 2. The molecule has 1 saturated heterocycles. The van der Waals surface area contributed by atoms with Gasteiger partial charge in [0.2, 0.25) is 0 Å². The Balaban J connectivity index is 0.00000162. The van der Waals surface area contributed by atoms with E-state index in [1.54, 1.807) is 6.07 Å². The van der Waals surface area contributed by atoms with E-state index < -0.39 is 0 Å². The molecule has 2 rings (SSSR count). The number of hydrogen-bond donors (Lipinski definition) is 1. The first-order valence-corrected chi connectivity index (χ1v) is 6.66. The third-order valence-electron chi connectivity index (χ3n) is 3.86.